The van der Waals surface area contributed by atoms with E-state index in [9.17, 15) is 14.7 Å². The Balaban J connectivity index is 1.61. The van der Waals surface area contributed by atoms with Gasteiger partial charge in [0.2, 0.25) is 5.91 Å². The normalized spacial score (nSPS) is 12.1. The first-order valence-electron chi connectivity index (χ1n) is 12.9. The molecule has 7 nitrogen and oxygen atoms in total. The molecule has 0 unspecified atom stereocenters. The molecule has 7 heteroatoms. The van der Waals surface area contributed by atoms with Gasteiger partial charge in [-0.2, -0.15) is 5.10 Å². The van der Waals surface area contributed by atoms with E-state index in [2.05, 4.69) is 52.1 Å². The van der Waals surface area contributed by atoms with Crippen LogP contribution in [0.5, 0.6) is 5.75 Å². The molecule has 0 saturated carbocycles. The van der Waals surface area contributed by atoms with E-state index < -0.39 is 0 Å². The Morgan fingerprint density at radius 3 is 2.13 bits per heavy atom. The zero-order chi connectivity index (χ0) is 28.1. The number of ether oxygens (including phenoxy) is 1. The van der Waals surface area contributed by atoms with Gasteiger partial charge in [0, 0.05) is 12.0 Å². The number of benzene rings is 2. The summed E-state index contributed by atoms with van der Waals surface area (Å²) in [7, 11) is 0. The van der Waals surface area contributed by atoms with E-state index in [4.69, 9.17) is 9.15 Å². The van der Waals surface area contributed by atoms with Crippen molar-refractivity contribution in [2.75, 3.05) is 6.61 Å². The maximum absolute atomic E-state index is 12.5. The molecule has 38 heavy (non-hydrogen) atoms. The van der Waals surface area contributed by atoms with Crippen molar-refractivity contribution in [1.29, 1.82) is 0 Å². The number of nitrogens with one attached hydrogen (secondary N) is 1. The monoisotopic (exact) mass is 518 g/mol. The zero-order valence-corrected chi connectivity index (χ0v) is 23.3. The Hall–Kier alpha value is -3.87. The van der Waals surface area contributed by atoms with E-state index in [0.717, 1.165) is 22.3 Å². The minimum absolute atomic E-state index is 0.217. The van der Waals surface area contributed by atoms with Crippen LogP contribution in [0.15, 0.2) is 58.0 Å². The van der Waals surface area contributed by atoms with Crippen molar-refractivity contribution in [3.63, 3.8) is 0 Å². The Kier molecular flexibility index (Phi) is 8.82. The number of rotatable bonds is 8. The van der Waals surface area contributed by atoms with E-state index >= 15 is 0 Å². The van der Waals surface area contributed by atoms with Gasteiger partial charge in [-0.15, -0.1) is 0 Å². The summed E-state index contributed by atoms with van der Waals surface area (Å²) in [5.41, 5.74) is 6.14. The highest BCUT2D eigenvalue weighted by atomic mass is 16.5. The predicted molar refractivity (Wildman–Crippen MR) is 150 cm³/mol. The van der Waals surface area contributed by atoms with E-state index in [1.54, 1.807) is 43.3 Å². The van der Waals surface area contributed by atoms with Gasteiger partial charge >= 0.3 is 5.97 Å². The summed E-state index contributed by atoms with van der Waals surface area (Å²) >= 11 is 0. The van der Waals surface area contributed by atoms with Crippen molar-refractivity contribution in [3.05, 3.63) is 76.5 Å². The first-order valence-corrected chi connectivity index (χ1v) is 12.9. The van der Waals surface area contributed by atoms with Crippen LogP contribution in [0.4, 0.5) is 0 Å². The summed E-state index contributed by atoms with van der Waals surface area (Å²) in [5.74, 6) is 0.848. The molecule has 3 rings (SSSR count). The zero-order valence-electron chi connectivity index (χ0n) is 23.3. The highest BCUT2D eigenvalue weighted by Gasteiger charge is 2.26. The third kappa shape index (κ3) is 7.34. The summed E-state index contributed by atoms with van der Waals surface area (Å²) in [5, 5.41) is 14.9. The summed E-state index contributed by atoms with van der Waals surface area (Å²) in [6.45, 7) is 14.5. The van der Waals surface area contributed by atoms with Crippen molar-refractivity contribution in [2.24, 2.45) is 5.10 Å². The molecule has 3 aromatic rings. The van der Waals surface area contributed by atoms with Gasteiger partial charge in [-0.3, -0.25) is 4.79 Å². The lowest BCUT2D eigenvalue weighted by molar-refractivity contribution is -0.121. The van der Waals surface area contributed by atoms with E-state index in [0.29, 0.717) is 35.9 Å². The molecule has 2 aromatic carbocycles. The number of aryl methyl sites for hydroxylation is 1. The van der Waals surface area contributed by atoms with Crippen molar-refractivity contribution in [2.45, 2.75) is 72.1 Å². The number of hydrogen-bond acceptors (Lipinski definition) is 6. The van der Waals surface area contributed by atoms with Crippen molar-refractivity contribution >= 4 is 18.1 Å². The predicted octanol–water partition coefficient (Wildman–Crippen LogP) is 6.51. The number of aromatic hydroxyl groups is 1. The van der Waals surface area contributed by atoms with Crippen LogP contribution in [0.2, 0.25) is 0 Å². The van der Waals surface area contributed by atoms with Crippen molar-refractivity contribution in [1.82, 2.24) is 5.43 Å². The number of nitrogens with zero attached hydrogens (tertiary/aromatic N) is 1. The van der Waals surface area contributed by atoms with Crippen LogP contribution < -0.4 is 5.43 Å². The molecule has 1 aromatic heterocycles. The molecule has 1 heterocycles. The first kappa shape index (κ1) is 28.7. The summed E-state index contributed by atoms with van der Waals surface area (Å²) in [4.78, 5) is 24.3. The molecule has 0 radical (unpaired) electrons. The number of hydrazone groups is 1. The minimum atomic E-state index is -0.364. The molecular formula is C31H38N2O5. The molecule has 0 saturated heterocycles. The van der Waals surface area contributed by atoms with Gasteiger partial charge in [0.15, 0.2) is 0 Å². The van der Waals surface area contributed by atoms with Gasteiger partial charge in [-0.05, 0) is 65.1 Å². The Labute approximate surface area is 224 Å². The number of furan rings is 1. The molecular weight excluding hydrogens is 480 g/mol. The Morgan fingerprint density at radius 2 is 1.58 bits per heavy atom. The van der Waals surface area contributed by atoms with Crippen LogP contribution >= 0.6 is 0 Å². The van der Waals surface area contributed by atoms with Crippen molar-refractivity contribution < 1.29 is 23.8 Å². The third-order valence-electron chi connectivity index (χ3n) is 6.11. The topological polar surface area (TPSA) is 101 Å². The van der Waals surface area contributed by atoms with Gasteiger partial charge in [0.05, 0.1) is 18.4 Å². The standard InChI is InChI=1S/C31H38N2O5/c1-8-37-29(36)22-12-10-21(11-13-22)26-15-14-23(38-26)19-32-33-27(34)16-9-20-17-24(30(2,3)4)28(35)25(18-20)31(5,6)7/h10-15,17-19,35H,8-9,16H2,1-7H3,(H,33,34)/b32-19-. The maximum Gasteiger partial charge on any atom is 0.338 e. The van der Waals surface area contributed by atoms with E-state index in [1.165, 1.54) is 6.21 Å². The molecule has 0 atom stereocenters. The fraction of sp³-hybridized carbons (Fsp3) is 0.387. The number of amides is 1. The first-order chi connectivity index (χ1) is 17.8. The molecule has 0 spiro atoms. The van der Waals surface area contributed by atoms with Crippen LogP contribution in [0, 0.1) is 0 Å². The average Bonchev–Trinajstić information content (AvgIpc) is 3.31. The second kappa shape index (κ2) is 11.7. The second-order valence-corrected chi connectivity index (χ2v) is 11.3. The molecule has 2 N–H and O–H groups in total. The highest BCUT2D eigenvalue weighted by molar-refractivity contribution is 5.90. The van der Waals surface area contributed by atoms with Crippen LogP contribution in [0.1, 0.15) is 87.7 Å². The number of carbonyl (C=O) groups excluding carboxylic acids is 2. The Morgan fingerprint density at radius 1 is 0.974 bits per heavy atom. The molecule has 1 amide bonds. The van der Waals surface area contributed by atoms with Crippen molar-refractivity contribution in [3.8, 4) is 17.1 Å². The average molecular weight is 519 g/mol. The van der Waals surface area contributed by atoms with Gasteiger partial charge in [0.25, 0.3) is 0 Å². The molecule has 0 aliphatic carbocycles. The number of hydrogen-bond donors (Lipinski definition) is 2. The lowest BCUT2D eigenvalue weighted by Crippen LogP contribution is -2.20. The molecule has 202 valence electrons. The molecule has 0 aliphatic rings. The summed E-state index contributed by atoms with van der Waals surface area (Å²) in [6, 6.07) is 14.5. The quantitative estimate of drug-likeness (QED) is 0.201. The minimum Gasteiger partial charge on any atom is -0.507 e. The number of phenolic OH excluding ortho intramolecular Hbond substituents is 1. The van der Waals surface area contributed by atoms with E-state index in [-0.39, 0.29) is 29.1 Å². The molecule has 0 fully saturated rings. The lowest BCUT2D eigenvalue weighted by atomic mass is 9.78. The smallest absolute Gasteiger partial charge is 0.338 e. The summed E-state index contributed by atoms with van der Waals surface area (Å²) < 4.78 is 10.8. The fourth-order valence-corrected chi connectivity index (χ4v) is 4.03. The second-order valence-electron chi connectivity index (χ2n) is 11.3. The molecule has 0 aliphatic heterocycles. The lowest BCUT2D eigenvalue weighted by Gasteiger charge is -2.28. The van der Waals surface area contributed by atoms with Crippen LogP contribution in [-0.4, -0.2) is 29.8 Å². The SMILES string of the molecule is CCOC(=O)c1ccc(-c2ccc(/C=N\NC(=O)CCc3cc(C(C)(C)C)c(O)c(C(C)(C)C)c3)o2)cc1. The van der Waals surface area contributed by atoms with Gasteiger partial charge in [0.1, 0.15) is 17.3 Å². The van der Waals surface area contributed by atoms with Gasteiger partial charge < -0.3 is 14.3 Å². The summed E-state index contributed by atoms with van der Waals surface area (Å²) in [6.07, 6.45) is 2.23. The molecule has 0 bridgehead atoms. The largest absolute Gasteiger partial charge is 0.507 e. The number of phenols is 1. The van der Waals surface area contributed by atoms with Gasteiger partial charge in [-0.25, -0.2) is 10.2 Å². The number of esters is 1. The fourth-order valence-electron chi connectivity index (χ4n) is 4.03. The van der Waals surface area contributed by atoms with Crippen LogP contribution in [0.25, 0.3) is 11.3 Å². The third-order valence-corrected chi connectivity index (χ3v) is 6.11. The highest BCUT2D eigenvalue weighted by Crippen LogP contribution is 2.40. The van der Waals surface area contributed by atoms with Crippen LogP contribution in [0.3, 0.4) is 0 Å². The number of carbonyl (C=O) groups is 2. The maximum atomic E-state index is 12.5. The van der Waals surface area contributed by atoms with Crippen LogP contribution in [-0.2, 0) is 26.8 Å². The van der Waals surface area contributed by atoms with E-state index in [1.807, 2.05) is 12.1 Å². The van der Waals surface area contributed by atoms with Gasteiger partial charge in [-0.1, -0.05) is 65.8 Å². The Bertz CT molecular complexity index is 1270.